The van der Waals surface area contributed by atoms with E-state index in [1.165, 1.54) is 0 Å². The molecule has 1 aliphatic rings. The predicted molar refractivity (Wildman–Crippen MR) is 100 cm³/mol. The van der Waals surface area contributed by atoms with Crippen LogP contribution in [0.4, 0.5) is 0 Å². The van der Waals surface area contributed by atoms with Crippen LogP contribution in [0.25, 0.3) is 10.9 Å². The average molecular weight is 350 g/mol. The van der Waals surface area contributed by atoms with Crippen LogP contribution in [0.15, 0.2) is 47.4 Å². The molecule has 0 radical (unpaired) electrons. The zero-order chi connectivity index (χ0) is 18.1. The number of hydrogen-bond acceptors (Lipinski definition) is 3. The third-order valence-electron chi connectivity index (χ3n) is 5.15. The molecule has 0 saturated heterocycles. The minimum absolute atomic E-state index is 0.0394. The highest BCUT2D eigenvalue weighted by Crippen LogP contribution is 2.27. The van der Waals surface area contributed by atoms with Crippen LogP contribution in [0, 0.1) is 6.92 Å². The van der Waals surface area contributed by atoms with Crippen LogP contribution in [0.2, 0.25) is 0 Å². The van der Waals surface area contributed by atoms with Gasteiger partial charge in [0.2, 0.25) is 0 Å². The molecule has 4 rings (SSSR count). The molecule has 2 N–H and O–H groups in total. The summed E-state index contributed by atoms with van der Waals surface area (Å²) in [6, 6.07) is 11.2. The Hall–Kier alpha value is -2.89. The SMILES string of the molecule is Cc1ccc(=O)n(C2CCC(NC(=O)c3ccc4[nH]ccc4c3)CC2)n1. The third-order valence-corrected chi connectivity index (χ3v) is 5.15. The van der Waals surface area contributed by atoms with Gasteiger partial charge < -0.3 is 10.3 Å². The van der Waals surface area contributed by atoms with Crippen molar-refractivity contribution in [2.75, 3.05) is 0 Å². The molecule has 3 aromatic rings. The average Bonchev–Trinajstić information content (AvgIpc) is 3.12. The summed E-state index contributed by atoms with van der Waals surface area (Å²) in [6.45, 7) is 1.89. The van der Waals surface area contributed by atoms with Crippen molar-refractivity contribution in [3.63, 3.8) is 0 Å². The van der Waals surface area contributed by atoms with Gasteiger partial charge in [-0.2, -0.15) is 5.10 Å². The van der Waals surface area contributed by atoms with Crippen LogP contribution >= 0.6 is 0 Å². The highest BCUT2D eigenvalue weighted by molar-refractivity contribution is 5.98. The number of nitrogens with one attached hydrogen (secondary N) is 2. The fraction of sp³-hybridized carbons (Fsp3) is 0.350. The van der Waals surface area contributed by atoms with Crippen molar-refractivity contribution >= 4 is 16.8 Å². The molecular formula is C20H22N4O2. The molecule has 134 valence electrons. The fourth-order valence-electron chi connectivity index (χ4n) is 3.71. The Morgan fingerprint density at radius 2 is 1.96 bits per heavy atom. The lowest BCUT2D eigenvalue weighted by molar-refractivity contribution is 0.0921. The Kier molecular flexibility index (Phi) is 4.32. The lowest BCUT2D eigenvalue weighted by Gasteiger charge is -2.29. The summed E-state index contributed by atoms with van der Waals surface area (Å²) < 4.78 is 1.60. The van der Waals surface area contributed by atoms with E-state index >= 15 is 0 Å². The van der Waals surface area contributed by atoms with Gasteiger partial charge in [0, 0.05) is 34.8 Å². The summed E-state index contributed by atoms with van der Waals surface area (Å²) in [5, 5.41) is 8.53. The summed E-state index contributed by atoms with van der Waals surface area (Å²) >= 11 is 0. The number of nitrogens with zero attached hydrogens (tertiary/aromatic N) is 2. The van der Waals surface area contributed by atoms with Crippen LogP contribution < -0.4 is 10.9 Å². The Morgan fingerprint density at radius 1 is 1.15 bits per heavy atom. The zero-order valence-electron chi connectivity index (χ0n) is 14.7. The van der Waals surface area contributed by atoms with Crippen LogP contribution in [0.1, 0.15) is 47.8 Å². The smallest absolute Gasteiger partial charge is 0.267 e. The highest BCUT2D eigenvalue weighted by Gasteiger charge is 2.25. The lowest BCUT2D eigenvalue weighted by atomic mass is 9.91. The monoisotopic (exact) mass is 350 g/mol. The number of benzene rings is 1. The maximum atomic E-state index is 12.5. The third kappa shape index (κ3) is 3.27. The lowest BCUT2D eigenvalue weighted by Crippen LogP contribution is -2.39. The van der Waals surface area contributed by atoms with Gasteiger partial charge in [-0.05, 0) is 62.9 Å². The second-order valence-electron chi connectivity index (χ2n) is 7.02. The first-order valence-corrected chi connectivity index (χ1v) is 9.04. The Bertz CT molecular complexity index is 996. The molecule has 1 saturated carbocycles. The normalized spacial score (nSPS) is 20.2. The van der Waals surface area contributed by atoms with E-state index in [1.54, 1.807) is 16.8 Å². The van der Waals surface area contributed by atoms with Crippen LogP contribution in [0.5, 0.6) is 0 Å². The molecule has 0 atom stereocenters. The summed E-state index contributed by atoms with van der Waals surface area (Å²) in [5.41, 5.74) is 2.50. The molecule has 6 nitrogen and oxygen atoms in total. The Labute approximate surface area is 151 Å². The summed E-state index contributed by atoms with van der Waals surface area (Å²) in [5.74, 6) is -0.0394. The van der Waals surface area contributed by atoms with E-state index in [2.05, 4.69) is 15.4 Å². The van der Waals surface area contributed by atoms with Gasteiger partial charge in [-0.3, -0.25) is 9.59 Å². The van der Waals surface area contributed by atoms with Crippen molar-refractivity contribution in [3.05, 3.63) is 64.2 Å². The van der Waals surface area contributed by atoms with Crippen LogP contribution in [-0.4, -0.2) is 26.7 Å². The second-order valence-corrected chi connectivity index (χ2v) is 7.02. The van der Waals surface area contributed by atoms with Crippen molar-refractivity contribution in [2.45, 2.75) is 44.7 Å². The predicted octanol–water partition coefficient (Wildman–Crippen LogP) is 2.95. The molecule has 0 spiro atoms. The molecule has 2 heterocycles. The minimum Gasteiger partial charge on any atom is -0.361 e. The van der Waals surface area contributed by atoms with Gasteiger partial charge in [-0.25, -0.2) is 4.68 Å². The van der Waals surface area contributed by atoms with Gasteiger partial charge in [-0.15, -0.1) is 0 Å². The number of carbonyl (C=O) groups excluding carboxylic acids is 1. The van der Waals surface area contributed by atoms with Crippen molar-refractivity contribution in [1.29, 1.82) is 0 Å². The van der Waals surface area contributed by atoms with Gasteiger partial charge in [0.05, 0.1) is 11.7 Å². The Balaban J connectivity index is 1.39. The summed E-state index contributed by atoms with van der Waals surface area (Å²) in [4.78, 5) is 27.7. The molecule has 1 aromatic carbocycles. The van der Waals surface area contributed by atoms with Gasteiger partial charge in [0.15, 0.2) is 0 Å². The van der Waals surface area contributed by atoms with Crippen molar-refractivity contribution < 1.29 is 4.79 Å². The number of H-pyrrole nitrogens is 1. The number of fused-ring (bicyclic) bond motifs is 1. The summed E-state index contributed by atoms with van der Waals surface area (Å²) in [6.07, 6.45) is 5.26. The van der Waals surface area contributed by atoms with Gasteiger partial charge in [0.25, 0.3) is 11.5 Å². The zero-order valence-corrected chi connectivity index (χ0v) is 14.7. The fourth-order valence-corrected chi connectivity index (χ4v) is 3.71. The number of amides is 1. The maximum absolute atomic E-state index is 12.5. The molecular weight excluding hydrogens is 328 g/mol. The number of aromatic nitrogens is 3. The first-order valence-electron chi connectivity index (χ1n) is 9.04. The standard InChI is InChI=1S/C20H22N4O2/c1-13-2-9-19(25)24(23-13)17-6-4-16(5-7-17)22-20(26)15-3-8-18-14(12-15)10-11-21-18/h2-3,8-12,16-17,21H,4-7H2,1H3,(H,22,26). The van der Waals surface area contributed by atoms with Crippen molar-refractivity contribution in [3.8, 4) is 0 Å². The van der Waals surface area contributed by atoms with Crippen molar-refractivity contribution in [2.24, 2.45) is 0 Å². The van der Waals surface area contributed by atoms with Gasteiger partial charge >= 0.3 is 0 Å². The highest BCUT2D eigenvalue weighted by atomic mass is 16.1. The quantitative estimate of drug-likeness (QED) is 0.762. The molecule has 0 aliphatic heterocycles. The van der Waals surface area contributed by atoms with E-state index in [-0.39, 0.29) is 23.6 Å². The van der Waals surface area contributed by atoms with Crippen LogP contribution in [-0.2, 0) is 0 Å². The number of rotatable bonds is 3. The largest absolute Gasteiger partial charge is 0.361 e. The molecule has 26 heavy (non-hydrogen) atoms. The van der Waals surface area contributed by atoms with Gasteiger partial charge in [-0.1, -0.05) is 0 Å². The molecule has 0 unspecified atom stereocenters. The molecule has 0 bridgehead atoms. The van der Waals surface area contributed by atoms with Crippen LogP contribution in [0.3, 0.4) is 0 Å². The maximum Gasteiger partial charge on any atom is 0.267 e. The number of carbonyl (C=O) groups is 1. The van der Waals surface area contributed by atoms with E-state index in [0.717, 1.165) is 42.3 Å². The second kappa shape index (κ2) is 6.78. The first kappa shape index (κ1) is 16.6. The number of aromatic amines is 1. The molecule has 1 fully saturated rings. The van der Waals surface area contributed by atoms with E-state index in [4.69, 9.17) is 0 Å². The molecule has 6 heteroatoms. The summed E-state index contributed by atoms with van der Waals surface area (Å²) in [7, 11) is 0. The molecule has 2 aromatic heterocycles. The molecule has 1 aliphatic carbocycles. The van der Waals surface area contributed by atoms with E-state index in [9.17, 15) is 9.59 Å². The topological polar surface area (TPSA) is 79.8 Å². The molecule has 1 amide bonds. The van der Waals surface area contributed by atoms with E-state index in [0.29, 0.717) is 5.56 Å². The van der Waals surface area contributed by atoms with Crippen molar-refractivity contribution in [1.82, 2.24) is 20.1 Å². The number of aryl methyl sites for hydroxylation is 1. The van der Waals surface area contributed by atoms with Gasteiger partial charge in [0.1, 0.15) is 0 Å². The van der Waals surface area contributed by atoms with E-state index < -0.39 is 0 Å². The minimum atomic E-state index is -0.0529. The first-order chi connectivity index (χ1) is 12.6. The Morgan fingerprint density at radius 3 is 2.77 bits per heavy atom. The number of hydrogen-bond donors (Lipinski definition) is 2. The van der Waals surface area contributed by atoms with E-state index in [1.807, 2.05) is 37.4 Å².